The molecule has 1 N–H and O–H groups in total. The maximum absolute atomic E-state index is 15.6. The average Bonchev–Trinajstić information content (AvgIpc) is 3.07. The normalized spacial score (nSPS) is 31.1. The summed E-state index contributed by atoms with van der Waals surface area (Å²) in [4.78, 5) is 56.8. The molecule has 0 radical (unpaired) electrons. The second kappa shape index (κ2) is 13.6. The van der Waals surface area contributed by atoms with Crippen molar-refractivity contribution in [3.05, 3.63) is 77.4 Å². The summed E-state index contributed by atoms with van der Waals surface area (Å²) in [5.41, 5.74) is -3.96. The van der Waals surface area contributed by atoms with E-state index in [1.54, 1.807) is 64.3 Å². The Hall–Kier alpha value is -3.44. The smallest absolute Gasteiger partial charge is 0.338 e. The van der Waals surface area contributed by atoms with E-state index in [0.29, 0.717) is 12.0 Å². The minimum absolute atomic E-state index is 0.0624. The van der Waals surface area contributed by atoms with E-state index < -0.39 is 66.6 Å². The van der Waals surface area contributed by atoms with Gasteiger partial charge >= 0.3 is 5.97 Å². The van der Waals surface area contributed by atoms with Crippen molar-refractivity contribution in [2.24, 2.45) is 22.7 Å². The molecule has 3 aliphatic carbocycles. The van der Waals surface area contributed by atoms with E-state index in [1.807, 2.05) is 24.3 Å². The Balaban J connectivity index is 1.73. The predicted octanol–water partition coefficient (Wildman–Crippen LogP) is 6.67. The number of aldehydes is 1. The summed E-state index contributed by atoms with van der Waals surface area (Å²) >= 11 is 0. The highest BCUT2D eigenvalue weighted by Crippen LogP contribution is 2.60. The van der Waals surface area contributed by atoms with Crippen molar-refractivity contribution in [2.75, 3.05) is 7.11 Å². The molecule has 10 heteroatoms. The summed E-state index contributed by atoms with van der Waals surface area (Å²) in [6.45, 7) is 15.8. The minimum Gasteiger partial charge on any atom is -0.497 e. The standard InChI is InChI=1S/C40H52O9Si/c1-37(2,3)50(8,9)49-31-22-17-27(23-41)32-35(48-36(44)26-13-11-10-12-14-26)40(45)30(42)21-20-29(38(40,4)5)33(34(43)39(31,32)6)47-24-25-15-18-28(46-7)19-16-25/h10-19,23,29,31-33,35,45H,20-22,24H2,1-9H3/t29-,31+,32+,33-,35+,39-,40-/m1/s1. The minimum atomic E-state index is -2.56. The Morgan fingerprint density at radius 3 is 2.24 bits per heavy atom. The third kappa shape index (κ3) is 6.22. The largest absolute Gasteiger partial charge is 0.497 e. The maximum atomic E-state index is 15.6. The first-order chi connectivity index (χ1) is 23.3. The highest BCUT2D eigenvalue weighted by molar-refractivity contribution is 6.74. The van der Waals surface area contributed by atoms with Gasteiger partial charge in [-0.2, -0.15) is 0 Å². The molecule has 3 aliphatic rings. The molecule has 0 saturated heterocycles. The number of benzene rings is 2. The Labute approximate surface area is 296 Å². The molecule has 0 spiro atoms. The Morgan fingerprint density at radius 1 is 1.02 bits per heavy atom. The second-order valence-electron chi connectivity index (χ2n) is 16.4. The first-order valence-electron chi connectivity index (χ1n) is 17.5. The molecular formula is C40H52O9Si. The molecule has 7 atom stereocenters. The molecule has 2 aromatic carbocycles. The third-order valence-electron chi connectivity index (χ3n) is 12.3. The van der Waals surface area contributed by atoms with Crippen LogP contribution in [0.15, 0.2) is 66.2 Å². The summed E-state index contributed by atoms with van der Waals surface area (Å²) in [7, 11) is -0.978. The van der Waals surface area contributed by atoms with Crippen LogP contribution in [0.5, 0.6) is 5.75 Å². The molecule has 2 bridgehead atoms. The first-order valence-corrected chi connectivity index (χ1v) is 20.4. The molecule has 0 aliphatic heterocycles. The number of carbonyl (C=O) groups is 4. The van der Waals surface area contributed by atoms with Crippen molar-refractivity contribution in [3.63, 3.8) is 0 Å². The molecule has 0 aromatic heterocycles. The number of aliphatic hydroxyl groups is 1. The SMILES string of the molecule is COc1ccc(CO[C@H]2C(=O)[C@]3(C)[C@@H](O[Si](C)(C)C(C)(C)C)CC=C(C=O)[C@H]3[C@H](OC(=O)c3ccccc3)[C@]3(O)C(=O)CC[C@H]2C3(C)C)cc1. The second-order valence-corrected chi connectivity index (χ2v) is 21.1. The summed E-state index contributed by atoms with van der Waals surface area (Å²) in [6, 6.07) is 15.7. The van der Waals surface area contributed by atoms with Gasteiger partial charge in [-0.3, -0.25) is 14.4 Å². The molecule has 0 unspecified atom stereocenters. The molecule has 2 aromatic rings. The number of fused-ring (bicyclic) bond motifs is 3. The first kappa shape index (κ1) is 37.8. The van der Waals surface area contributed by atoms with Gasteiger partial charge in [0, 0.05) is 23.7 Å². The van der Waals surface area contributed by atoms with Gasteiger partial charge in [0.15, 0.2) is 25.5 Å². The van der Waals surface area contributed by atoms with E-state index in [-0.39, 0.29) is 47.8 Å². The van der Waals surface area contributed by atoms with Gasteiger partial charge in [-0.15, -0.1) is 0 Å². The highest BCUT2D eigenvalue weighted by atomic mass is 28.4. The van der Waals surface area contributed by atoms with Crippen molar-refractivity contribution >= 4 is 32.1 Å². The lowest BCUT2D eigenvalue weighted by atomic mass is 9.46. The van der Waals surface area contributed by atoms with Crippen molar-refractivity contribution < 1.29 is 42.9 Å². The van der Waals surface area contributed by atoms with Crippen LogP contribution in [-0.4, -0.2) is 68.3 Å². The van der Waals surface area contributed by atoms with Crippen LogP contribution in [0.1, 0.15) is 76.7 Å². The summed E-state index contributed by atoms with van der Waals surface area (Å²) in [6.07, 6.45) is -0.618. The zero-order valence-corrected chi connectivity index (χ0v) is 31.8. The number of hydrogen-bond donors (Lipinski definition) is 1. The van der Waals surface area contributed by atoms with Gasteiger partial charge in [-0.05, 0) is 73.3 Å². The fraction of sp³-hybridized carbons (Fsp3) is 0.550. The van der Waals surface area contributed by atoms with E-state index >= 15 is 4.79 Å². The lowest BCUT2D eigenvalue weighted by Gasteiger charge is -2.61. The fourth-order valence-electron chi connectivity index (χ4n) is 8.06. The Kier molecular flexibility index (Phi) is 10.3. The van der Waals surface area contributed by atoms with Crippen molar-refractivity contribution in [1.29, 1.82) is 0 Å². The van der Waals surface area contributed by atoms with Gasteiger partial charge in [0.1, 0.15) is 24.2 Å². The molecule has 9 nitrogen and oxygen atoms in total. The molecule has 270 valence electrons. The van der Waals surface area contributed by atoms with Crippen LogP contribution in [0.25, 0.3) is 0 Å². The molecule has 0 heterocycles. The van der Waals surface area contributed by atoms with Gasteiger partial charge in [0.25, 0.3) is 0 Å². The van der Waals surface area contributed by atoms with Gasteiger partial charge in [0.05, 0.1) is 30.8 Å². The topological polar surface area (TPSA) is 125 Å². The van der Waals surface area contributed by atoms with Crippen LogP contribution >= 0.6 is 0 Å². The van der Waals surface area contributed by atoms with E-state index in [0.717, 1.165) is 5.56 Å². The molecule has 50 heavy (non-hydrogen) atoms. The lowest BCUT2D eigenvalue weighted by Crippen LogP contribution is -2.75. The number of hydrogen-bond acceptors (Lipinski definition) is 9. The van der Waals surface area contributed by atoms with E-state index in [9.17, 15) is 19.5 Å². The van der Waals surface area contributed by atoms with Crippen molar-refractivity contribution in [3.8, 4) is 5.75 Å². The average molecular weight is 705 g/mol. The summed E-state index contributed by atoms with van der Waals surface area (Å²) in [5.74, 6) is -2.76. The quantitative estimate of drug-likeness (QED) is 0.173. The lowest BCUT2D eigenvalue weighted by molar-refractivity contribution is -0.234. The maximum Gasteiger partial charge on any atom is 0.338 e. The number of ketones is 2. The van der Waals surface area contributed by atoms with Gasteiger partial charge < -0.3 is 23.7 Å². The number of Topliss-reactive ketones (excluding diaryl/α,β-unsaturated/α-hetero) is 2. The molecule has 2 fully saturated rings. The number of carbonyl (C=O) groups excluding carboxylic acids is 4. The number of rotatable bonds is 9. The summed E-state index contributed by atoms with van der Waals surface area (Å²) < 4.78 is 25.3. The van der Waals surface area contributed by atoms with Crippen LogP contribution in [0, 0.1) is 22.7 Å². The van der Waals surface area contributed by atoms with Gasteiger partial charge in [0.2, 0.25) is 0 Å². The van der Waals surface area contributed by atoms with Crippen LogP contribution in [0.3, 0.4) is 0 Å². The summed E-state index contributed by atoms with van der Waals surface area (Å²) in [5, 5.41) is 12.8. The molecule has 5 rings (SSSR count). The van der Waals surface area contributed by atoms with Crippen LogP contribution in [0.2, 0.25) is 18.1 Å². The number of esters is 1. The number of methoxy groups -OCH3 is 1. The van der Waals surface area contributed by atoms with E-state index in [2.05, 4.69) is 33.9 Å². The Bertz CT molecular complexity index is 1640. The van der Waals surface area contributed by atoms with Gasteiger partial charge in [-0.1, -0.05) is 71.0 Å². The van der Waals surface area contributed by atoms with E-state index in [4.69, 9.17) is 18.6 Å². The monoisotopic (exact) mass is 704 g/mol. The van der Waals surface area contributed by atoms with Crippen molar-refractivity contribution in [1.82, 2.24) is 0 Å². The zero-order chi connectivity index (χ0) is 36.9. The van der Waals surface area contributed by atoms with Gasteiger partial charge in [-0.25, -0.2) is 4.79 Å². The fourth-order valence-corrected chi connectivity index (χ4v) is 9.47. The molecule has 0 amide bonds. The van der Waals surface area contributed by atoms with Crippen molar-refractivity contribution in [2.45, 2.75) is 109 Å². The zero-order valence-electron chi connectivity index (χ0n) is 30.8. The molecule has 2 saturated carbocycles. The number of ether oxygens (including phenoxy) is 3. The molecular weight excluding hydrogens is 653 g/mol. The third-order valence-corrected chi connectivity index (χ3v) is 16.8. The van der Waals surface area contributed by atoms with Crippen LogP contribution < -0.4 is 4.74 Å². The highest BCUT2D eigenvalue weighted by Gasteiger charge is 2.72. The van der Waals surface area contributed by atoms with E-state index in [1.165, 1.54) is 0 Å². The Morgan fingerprint density at radius 2 is 1.66 bits per heavy atom. The van der Waals surface area contributed by atoms with Crippen LogP contribution in [-0.2, 0) is 34.9 Å². The van der Waals surface area contributed by atoms with Crippen LogP contribution in [0.4, 0.5) is 0 Å². The predicted molar refractivity (Wildman–Crippen MR) is 191 cm³/mol.